The minimum atomic E-state index is -0.156. The summed E-state index contributed by atoms with van der Waals surface area (Å²) in [4.78, 5) is 12.8. The highest BCUT2D eigenvalue weighted by atomic mass is 32.1. The first-order valence-corrected chi connectivity index (χ1v) is 9.56. The van der Waals surface area contributed by atoms with Crippen molar-refractivity contribution in [1.29, 1.82) is 0 Å². The van der Waals surface area contributed by atoms with Gasteiger partial charge in [-0.25, -0.2) is 4.98 Å². The third-order valence-electron chi connectivity index (χ3n) is 4.98. The van der Waals surface area contributed by atoms with Gasteiger partial charge in [0.1, 0.15) is 5.01 Å². The van der Waals surface area contributed by atoms with Crippen molar-refractivity contribution in [2.45, 2.75) is 57.6 Å². The van der Waals surface area contributed by atoms with Gasteiger partial charge < -0.3 is 15.3 Å². The molecule has 2 aliphatic carbocycles. The third kappa shape index (κ3) is 4.04. The Kier molecular flexibility index (Phi) is 5.54. The maximum absolute atomic E-state index is 9.94. The molecule has 0 amide bonds. The fraction of sp³-hybridized carbons (Fsp3) is 0.765. The van der Waals surface area contributed by atoms with E-state index in [0.29, 0.717) is 5.92 Å². The fourth-order valence-electron chi connectivity index (χ4n) is 3.61. The Bertz CT molecular complexity index is 533. The monoisotopic (exact) mass is 336 g/mol. The SMILES string of the molecule is CN=C(NCC1CCCC1O)N(C)Cc1nc2c(s1)CCCC2. The van der Waals surface area contributed by atoms with Crippen LogP contribution in [-0.2, 0) is 19.4 Å². The number of aliphatic imine (C=N–C) groups is 1. The van der Waals surface area contributed by atoms with Crippen LogP contribution in [0.3, 0.4) is 0 Å². The molecule has 2 aliphatic rings. The first-order valence-electron chi connectivity index (χ1n) is 8.74. The Morgan fingerprint density at radius 3 is 2.87 bits per heavy atom. The number of hydrogen-bond acceptors (Lipinski definition) is 4. The topological polar surface area (TPSA) is 60.8 Å². The summed E-state index contributed by atoms with van der Waals surface area (Å²) < 4.78 is 0. The first kappa shape index (κ1) is 16.7. The smallest absolute Gasteiger partial charge is 0.193 e. The van der Waals surface area contributed by atoms with Gasteiger partial charge in [-0.1, -0.05) is 6.42 Å². The predicted molar refractivity (Wildman–Crippen MR) is 94.9 cm³/mol. The minimum Gasteiger partial charge on any atom is -0.393 e. The number of hydrogen-bond donors (Lipinski definition) is 2. The number of nitrogens with one attached hydrogen (secondary N) is 1. The van der Waals surface area contributed by atoms with E-state index in [4.69, 9.17) is 4.98 Å². The molecule has 1 aromatic rings. The van der Waals surface area contributed by atoms with Crippen LogP contribution in [0.4, 0.5) is 0 Å². The van der Waals surface area contributed by atoms with Crippen LogP contribution in [-0.4, -0.2) is 47.7 Å². The minimum absolute atomic E-state index is 0.156. The second-order valence-corrected chi connectivity index (χ2v) is 7.90. The molecule has 1 saturated carbocycles. The van der Waals surface area contributed by atoms with Crippen LogP contribution < -0.4 is 5.32 Å². The van der Waals surface area contributed by atoms with Gasteiger partial charge in [0.25, 0.3) is 0 Å². The molecular formula is C17H28N4OS. The Morgan fingerprint density at radius 1 is 1.35 bits per heavy atom. The molecule has 0 aliphatic heterocycles. The van der Waals surface area contributed by atoms with Crippen molar-refractivity contribution >= 4 is 17.3 Å². The molecule has 0 radical (unpaired) electrons. The van der Waals surface area contributed by atoms with E-state index in [-0.39, 0.29) is 6.10 Å². The highest BCUT2D eigenvalue weighted by Gasteiger charge is 2.25. The van der Waals surface area contributed by atoms with Gasteiger partial charge in [-0.3, -0.25) is 4.99 Å². The number of fused-ring (bicyclic) bond motifs is 1. The van der Waals surface area contributed by atoms with Gasteiger partial charge in [0.15, 0.2) is 5.96 Å². The summed E-state index contributed by atoms with van der Waals surface area (Å²) in [6, 6.07) is 0. The summed E-state index contributed by atoms with van der Waals surface area (Å²) >= 11 is 1.86. The number of rotatable bonds is 4. The zero-order valence-corrected chi connectivity index (χ0v) is 15.0. The molecule has 23 heavy (non-hydrogen) atoms. The van der Waals surface area contributed by atoms with E-state index >= 15 is 0 Å². The van der Waals surface area contributed by atoms with Gasteiger partial charge in [-0.2, -0.15) is 0 Å². The Labute approximate surface area is 142 Å². The van der Waals surface area contributed by atoms with Crippen LogP contribution in [0.1, 0.15) is 47.7 Å². The molecule has 2 unspecified atom stereocenters. The number of aliphatic hydroxyl groups excluding tert-OH is 1. The second kappa shape index (κ2) is 7.62. The quantitative estimate of drug-likeness (QED) is 0.654. The lowest BCUT2D eigenvalue weighted by Gasteiger charge is -2.23. The van der Waals surface area contributed by atoms with E-state index in [1.54, 1.807) is 0 Å². The highest BCUT2D eigenvalue weighted by Crippen LogP contribution is 2.27. The van der Waals surface area contributed by atoms with E-state index in [0.717, 1.165) is 44.7 Å². The van der Waals surface area contributed by atoms with Crippen molar-refractivity contribution in [3.05, 3.63) is 15.6 Å². The molecule has 0 spiro atoms. The average Bonchev–Trinajstić information content (AvgIpc) is 3.13. The normalized spacial score (nSPS) is 24.6. The van der Waals surface area contributed by atoms with Crippen molar-refractivity contribution in [2.75, 3.05) is 20.6 Å². The third-order valence-corrected chi connectivity index (χ3v) is 6.12. The van der Waals surface area contributed by atoms with Gasteiger partial charge in [0, 0.05) is 31.4 Å². The number of aromatic nitrogens is 1. The fourth-order valence-corrected chi connectivity index (χ4v) is 4.82. The summed E-state index contributed by atoms with van der Waals surface area (Å²) in [7, 11) is 3.87. The van der Waals surface area contributed by atoms with Crippen LogP contribution in [0, 0.1) is 5.92 Å². The summed E-state index contributed by atoms with van der Waals surface area (Å²) in [6.45, 7) is 1.59. The molecule has 3 rings (SSSR count). The summed E-state index contributed by atoms with van der Waals surface area (Å²) in [5, 5.41) is 14.5. The van der Waals surface area contributed by atoms with E-state index in [1.807, 2.05) is 18.4 Å². The molecular weight excluding hydrogens is 308 g/mol. The molecule has 128 valence electrons. The lowest BCUT2D eigenvalue weighted by molar-refractivity contribution is 0.134. The van der Waals surface area contributed by atoms with Crippen molar-refractivity contribution < 1.29 is 5.11 Å². The molecule has 0 bridgehead atoms. The number of aryl methyl sites for hydroxylation is 2. The molecule has 2 N–H and O–H groups in total. The van der Waals surface area contributed by atoms with Crippen molar-refractivity contribution in [1.82, 2.24) is 15.2 Å². The van der Waals surface area contributed by atoms with Gasteiger partial charge in [0.05, 0.1) is 18.3 Å². The second-order valence-electron chi connectivity index (χ2n) is 6.73. The van der Waals surface area contributed by atoms with Gasteiger partial charge in [-0.05, 0) is 38.5 Å². The van der Waals surface area contributed by atoms with Crippen LogP contribution in [0.2, 0.25) is 0 Å². The highest BCUT2D eigenvalue weighted by molar-refractivity contribution is 7.11. The summed E-state index contributed by atoms with van der Waals surface area (Å²) in [5.41, 5.74) is 1.32. The van der Waals surface area contributed by atoms with Crippen LogP contribution in [0.15, 0.2) is 4.99 Å². The largest absolute Gasteiger partial charge is 0.393 e. The van der Waals surface area contributed by atoms with Crippen molar-refractivity contribution in [3.63, 3.8) is 0 Å². The first-order chi connectivity index (χ1) is 11.2. The van der Waals surface area contributed by atoms with Gasteiger partial charge in [0.2, 0.25) is 0 Å². The lowest BCUT2D eigenvalue weighted by Crippen LogP contribution is -2.41. The Hall–Kier alpha value is -1.14. The summed E-state index contributed by atoms with van der Waals surface area (Å²) in [5.74, 6) is 1.24. The molecule has 6 heteroatoms. The van der Waals surface area contributed by atoms with E-state index < -0.39 is 0 Å². The predicted octanol–water partition coefficient (Wildman–Crippen LogP) is 2.19. The number of thiazole rings is 1. The molecule has 1 aromatic heterocycles. The molecule has 0 saturated heterocycles. The zero-order valence-electron chi connectivity index (χ0n) is 14.2. The molecule has 1 heterocycles. The lowest BCUT2D eigenvalue weighted by atomic mass is 10.0. The zero-order chi connectivity index (χ0) is 16.2. The van der Waals surface area contributed by atoms with E-state index in [1.165, 1.54) is 34.8 Å². The molecule has 1 fully saturated rings. The Morgan fingerprint density at radius 2 is 2.17 bits per heavy atom. The maximum atomic E-state index is 9.94. The van der Waals surface area contributed by atoms with Crippen molar-refractivity contribution in [3.8, 4) is 0 Å². The van der Waals surface area contributed by atoms with Crippen LogP contribution in [0.25, 0.3) is 0 Å². The average molecular weight is 337 g/mol. The number of nitrogens with zero attached hydrogens (tertiary/aromatic N) is 3. The van der Waals surface area contributed by atoms with Crippen molar-refractivity contribution in [2.24, 2.45) is 10.9 Å². The Balaban J connectivity index is 1.55. The van der Waals surface area contributed by atoms with Crippen LogP contribution >= 0.6 is 11.3 Å². The van der Waals surface area contributed by atoms with Crippen LogP contribution in [0.5, 0.6) is 0 Å². The van der Waals surface area contributed by atoms with Gasteiger partial charge in [-0.15, -0.1) is 11.3 Å². The van der Waals surface area contributed by atoms with E-state index in [2.05, 4.69) is 22.3 Å². The van der Waals surface area contributed by atoms with E-state index in [9.17, 15) is 5.11 Å². The molecule has 0 aromatic carbocycles. The number of aliphatic hydroxyl groups is 1. The molecule has 2 atom stereocenters. The summed E-state index contributed by atoms with van der Waals surface area (Å²) in [6.07, 6.45) is 7.94. The number of guanidine groups is 1. The van der Waals surface area contributed by atoms with Gasteiger partial charge >= 0.3 is 0 Å². The standard InChI is InChI=1S/C17H28N4OS/c1-18-17(19-10-12-6-5-8-14(12)22)21(2)11-16-20-13-7-3-4-9-15(13)23-16/h12,14,22H,3-11H2,1-2H3,(H,18,19). The maximum Gasteiger partial charge on any atom is 0.193 e. The molecule has 5 nitrogen and oxygen atoms in total.